The standard InChI is InChI=1S/C28H46N2O5SSi2/c1-20-18-30(25(32)29-24(20)31)28(36-21-15-13-12-14-16-21)17-22(35-38(10,11)27(5,6)7)23(34-28)19-33-37(8,9)26(2,3)4/h12-16,18,22-23H,17,19H2,1-11H3,(H,29,31,32)/t22-,23+,28+/m0/s1. The Hall–Kier alpha value is -1.44. The molecule has 1 aromatic heterocycles. The van der Waals surface area contributed by atoms with Gasteiger partial charge in [-0.1, -0.05) is 71.5 Å². The Morgan fingerprint density at radius 2 is 1.61 bits per heavy atom. The molecule has 0 amide bonds. The molecule has 1 saturated heterocycles. The van der Waals surface area contributed by atoms with Gasteiger partial charge < -0.3 is 13.6 Å². The fourth-order valence-electron chi connectivity index (χ4n) is 3.83. The highest BCUT2D eigenvalue weighted by Crippen LogP contribution is 2.50. The van der Waals surface area contributed by atoms with Crippen LogP contribution in [-0.4, -0.2) is 45.0 Å². The minimum atomic E-state index is -2.19. The van der Waals surface area contributed by atoms with Crippen molar-refractivity contribution in [2.24, 2.45) is 0 Å². The summed E-state index contributed by atoms with van der Waals surface area (Å²) in [5, 5.41) is -1.06. The zero-order valence-electron chi connectivity index (χ0n) is 24.9. The second-order valence-electron chi connectivity index (χ2n) is 13.4. The van der Waals surface area contributed by atoms with Crippen LogP contribution in [0, 0.1) is 6.92 Å². The molecule has 1 fully saturated rings. The molecule has 2 aromatic rings. The van der Waals surface area contributed by atoms with Crippen LogP contribution in [0.25, 0.3) is 0 Å². The monoisotopic (exact) mass is 578 g/mol. The van der Waals surface area contributed by atoms with Crippen LogP contribution in [0.1, 0.15) is 53.5 Å². The Labute approximate surface area is 233 Å². The van der Waals surface area contributed by atoms with Crippen molar-refractivity contribution in [1.82, 2.24) is 9.55 Å². The van der Waals surface area contributed by atoms with Crippen LogP contribution >= 0.6 is 11.8 Å². The Bertz CT molecular complexity index is 1230. The average molecular weight is 579 g/mol. The number of nitrogens with zero attached hydrogens (tertiary/aromatic N) is 1. The van der Waals surface area contributed by atoms with Crippen LogP contribution in [0.15, 0.2) is 51.0 Å². The lowest BCUT2D eigenvalue weighted by atomic mass is 10.2. The normalized spacial score (nSPS) is 23.1. The molecular formula is C28H46N2O5SSi2. The van der Waals surface area contributed by atoms with Crippen LogP contribution in [0.5, 0.6) is 0 Å². The Morgan fingerprint density at radius 3 is 2.16 bits per heavy atom. The maximum Gasteiger partial charge on any atom is 0.331 e. The molecule has 212 valence electrons. The molecule has 1 aliphatic heterocycles. The molecule has 1 aliphatic rings. The van der Waals surface area contributed by atoms with Crippen LogP contribution in [0.2, 0.25) is 36.3 Å². The molecule has 0 unspecified atom stereocenters. The van der Waals surface area contributed by atoms with Gasteiger partial charge in [-0.25, -0.2) is 4.79 Å². The summed E-state index contributed by atoms with van der Waals surface area (Å²) in [6.07, 6.45) is 1.39. The highest BCUT2D eigenvalue weighted by Gasteiger charge is 2.53. The third-order valence-corrected chi connectivity index (χ3v) is 18.7. The Balaban J connectivity index is 2.11. The molecule has 38 heavy (non-hydrogen) atoms. The van der Waals surface area contributed by atoms with Gasteiger partial charge in [0, 0.05) is 23.1 Å². The van der Waals surface area contributed by atoms with Gasteiger partial charge in [0.05, 0.1) is 12.7 Å². The average Bonchev–Trinajstić information content (AvgIpc) is 3.11. The molecule has 0 bridgehead atoms. The van der Waals surface area contributed by atoms with E-state index in [0.717, 1.165) is 4.90 Å². The lowest BCUT2D eigenvalue weighted by Crippen LogP contribution is -2.48. The first kappa shape index (κ1) is 31.1. The van der Waals surface area contributed by atoms with Gasteiger partial charge in [0.15, 0.2) is 16.6 Å². The molecule has 1 aromatic carbocycles. The van der Waals surface area contributed by atoms with E-state index in [1.165, 1.54) is 16.3 Å². The van der Waals surface area contributed by atoms with E-state index in [4.69, 9.17) is 13.6 Å². The Morgan fingerprint density at radius 1 is 1.03 bits per heavy atom. The molecule has 3 atom stereocenters. The van der Waals surface area contributed by atoms with E-state index in [-0.39, 0.29) is 22.3 Å². The minimum Gasteiger partial charge on any atom is -0.414 e. The predicted octanol–water partition coefficient (Wildman–Crippen LogP) is 6.45. The number of aryl methyl sites for hydroxylation is 1. The molecule has 0 aliphatic carbocycles. The number of nitrogens with one attached hydrogen (secondary N) is 1. The van der Waals surface area contributed by atoms with Gasteiger partial charge in [0.2, 0.25) is 5.06 Å². The fourth-order valence-corrected chi connectivity index (χ4v) is 7.50. The van der Waals surface area contributed by atoms with Crippen molar-refractivity contribution in [3.8, 4) is 0 Å². The van der Waals surface area contributed by atoms with Crippen molar-refractivity contribution >= 4 is 28.4 Å². The number of rotatable bonds is 8. The number of thioether (sulfide) groups is 1. The summed E-state index contributed by atoms with van der Waals surface area (Å²) in [7, 11) is -4.26. The highest BCUT2D eigenvalue weighted by molar-refractivity contribution is 7.99. The number of hydrogen-bond donors (Lipinski definition) is 1. The lowest BCUT2D eigenvalue weighted by Gasteiger charge is -2.40. The highest BCUT2D eigenvalue weighted by atomic mass is 32.2. The summed E-state index contributed by atoms with van der Waals surface area (Å²) < 4.78 is 22.1. The maximum atomic E-state index is 13.2. The molecule has 10 heteroatoms. The lowest BCUT2D eigenvalue weighted by molar-refractivity contribution is -0.0609. The van der Waals surface area contributed by atoms with Gasteiger partial charge in [0.25, 0.3) is 5.56 Å². The number of H-pyrrole nitrogens is 1. The van der Waals surface area contributed by atoms with Gasteiger partial charge >= 0.3 is 5.69 Å². The SMILES string of the molecule is Cc1cn([C@]2(Sc3ccccc3)C[C@H](O[Si](C)(C)C(C)(C)C)[C@@H](CO[Si](C)(C)C(C)(C)C)O2)c(=O)[nH]c1=O. The quantitative estimate of drug-likeness (QED) is 0.363. The zero-order valence-corrected chi connectivity index (χ0v) is 27.7. The fraction of sp³-hybridized carbons (Fsp3) is 0.643. The van der Waals surface area contributed by atoms with E-state index in [1.54, 1.807) is 13.1 Å². The summed E-state index contributed by atoms with van der Waals surface area (Å²) in [5.41, 5.74) is -0.443. The first-order chi connectivity index (χ1) is 17.3. The molecule has 0 saturated carbocycles. The first-order valence-electron chi connectivity index (χ1n) is 13.3. The number of benzene rings is 1. The summed E-state index contributed by atoms with van der Waals surface area (Å²) in [6, 6.07) is 9.90. The smallest absolute Gasteiger partial charge is 0.331 e. The van der Waals surface area contributed by atoms with E-state index in [2.05, 4.69) is 72.7 Å². The van der Waals surface area contributed by atoms with Crippen LogP contribution in [0.3, 0.4) is 0 Å². The van der Waals surface area contributed by atoms with Crippen molar-refractivity contribution in [3.05, 3.63) is 62.9 Å². The van der Waals surface area contributed by atoms with E-state index in [9.17, 15) is 9.59 Å². The predicted molar refractivity (Wildman–Crippen MR) is 161 cm³/mol. The summed E-state index contributed by atoms with van der Waals surface area (Å²) in [4.78, 5) is 28.9. The molecule has 0 radical (unpaired) electrons. The van der Waals surface area contributed by atoms with Crippen molar-refractivity contribution < 1.29 is 13.6 Å². The second kappa shape index (κ2) is 10.9. The number of ether oxygens (including phenoxy) is 1. The largest absolute Gasteiger partial charge is 0.414 e. The van der Waals surface area contributed by atoms with Gasteiger partial charge in [-0.05, 0) is 55.3 Å². The van der Waals surface area contributed by atoms with Gasteiger partial charge in [0.1, 0.15) is 6.10 Å². The molecule has 3 rings (SSSR count). The van der Waals surface area contributed by atoms with E-state index in [0.29, 0.717) is 18.6 Å². The third-order valence-electron chi connectivity index (χ3n) is 8.38. The third kappa shape index (κ3) is 6.64. The molecule has 2 heterocycles. The molecular weight excluding hydrogens is 533 g/mol. The van der Waals surface area contributed by atoms with Gasteiger partial charge in [-0.15, -0.1) is 0 Å². The van der Waals surface area contributed by atoms with Crippen molar-refractivity contribution in [1.29, 1.82) is 0 Å². The molecule has 1 N–H and O–H groups in total. The first-order valence-corrected chi connectivity index (χ1v) is 20.0. The van der Waals surface area contributed by atoms with Crippen molar-refractivity contribution in [2.75, 3.05) is 6.61 Å². The van der Waals surface area contributed by atoms with Crippen LogP contribution < -0.4 is 11.2 Å². The number of aromatic nitrogens is 2. The van der Waals surface area contributed by atoms with Crippen LogP contribution in [-0.2, 0) is 18.6 Å². The summed E-state index contributed by atoms with van der Waals surface area (Å²) >= 11 is 1.47. The van der Waals surface area contributed by atoms with Crippen molar-refractivity contribution in [2.45, 2.75) is 113 Å². The van der Waals surface area contributed by atoms with Crippen molar-refractivity contribution in [3.63, 3.8) is 0 Å². The van der Waals surface area contributed by atoms with E-state index < -0.39 is 32.9 Å². The topological polar surface area (TPSA) is 82.6 Å². The van der Waals surface area contributed by atoms with Gasteiger partial charge in [-0.3, -0.25) is 14.3 Å². The summed E-state index contributed by atoms with van der Waals surface area (Å²) in [6.45, 7) is 24.3. The summed E-state index contributed by atoms with van der Waals surface area (Å²) in [5.74, 6) is 0. The second-order valence-corrected chi connectivity index (χ2v) is 24.3. The maximum absolute atomic E-state index is 13.2. The number of aromatic amines is 1. The number of hydrogen-bond acceptors (Lipinski definition) is 6. The Kier molecular flexibility index (Phi) is 8.88. The molecule has 7 nitrogen and oxygen atoms in total. The van der Waals surface area contributed by atoms with E-state index >= 15 is 0 Å². The zero-order chi connectivity index (χ0) is 28.7. The van der Waals surface area contributed by atoms with Gasteiger partial charge in [-0.2, -0.15) is 0 Å². The van der Waals surface area contributed by atoms with E-state index in [1.807, 2.05) is 30.3 Å². The minimum absolute atomic E-state index is 0.00106. The van der Waals surface area contributed by atoms with Crippen LogP contribution in [0.4, 0.5) is 0 Å². The molecule has 0 spiro atoms.